The first-order valence-electron chi connectivity index (χ1n) is 6.20. The molecule has 1 aromatic rings. The zero-order valence-corrected chi connectivity index (χ0v) is 13.1. The molecule has 4 nitrogen and oxygen atoms in total. The van der Waals surface area contributed by atoms with Gasteiger partial charge in [0.05, 0.1) is 4.92 Å². The molecule has 0 heterocycles. The highest BCUT2D eigenvalue weighted by Crippen LogP contribution is 2.26. The van der Waals surface area contributed by atoms with E-state index in [1.807, 2.05) is 0 Å². The van der Waals surface area contributed by atoms with Crippen LogP contribution in [0.2, 0.25) is 0 Å². The van der Waals surface area contributed by atoms with Gasteiger partial charge in [-0.15, -0.1) is 0 Å². The van der Waals surface area contributed by atoms with Crippen molar-refractivity contribution in [3.05, 3.63) is 31.9 Å². The second kappa shape index (κ2) is 6.92. The summed E-state index contributed by atoms with van der Waals surface area (Å²) < 4.78 is 0.889. The third-order valence-electron chi connectivity index (χ3n) is 3.30. The molecule has 0 aliphatic carbocycles. The summed E-state index contributed by atoms with van der Waals surface area (Å²) in [6, 6.07) is 5.31. The summed E-state index contributed by atoms with van der Waals surface area (Å²) in [6.45, 7) is 6.54. The van der Waals surface area contributed by atoms with Gasteiger partial charge in [0.1, 0.15) is 0 Å². The fraction of sp³-hybridized carbons (Fsp3) is 0.538. The highest BCUT2D eigenvalue weighted by molar-refractivity contribution is 14.1. The number of halogens is 1. The lowest BCUT2D eigenvalue weighted by molar-refractivity contribution is -0.384. The Kier molecular flexibility index (Phi) is 5.84. The Morgan fingerprint density at radius 1 is 1.39 bits per heavy atom. The first kappa shape index (κ1) is 15.2. The number of non-ortho nitro benzene ring substituents is 1. The molecule has 0 radical (unpaired) electrons. The Labute approximate surface area is 121 Å². The molecule has 5 heteroatoms. The van der Waals surface area contributed by atoms with Crippen LogP contribution >= 0.6 is 22.6 Å². The molecule has 0 aliphatic rings. The van der Waals surface area contributed by atoms with E-state index in [-0.39, 0.29) is 10.6 Å². The molecule has 0 saturated carbocycles. The molecule has 0 fully saturated rings. The summed E-state index contributed by atoms with van der Waals surface area (Å²) in [5, 5.41) is 14.1. The monoisotopic (exact) mass is 362 g/mol. The molecule has 0 bridgehead atoms. The van der Waals surface area contributed by atoms with Crippen molar-refractivity contribution < 1.29 is 4.92 Å². The van der Waals surface area contributed by atoms with Gasteiger partial charge < -0.3 is 5.32 Å². The van der Waals surface area contributed by atoms with Crippen LogP contribution in [0.3, 0.4) is 0 Å². The maximum Gasteiger partial charge on any atom is 0.270 e. The molecule has 1 N–H and O–H groups in total. The standard InChI is InChI=1S/C13H19IN2O2/c1-4-10(5-2)9(3)15-13-7-6-11(16(17)18)8-12(13)14/h6-10,15H,4-5H2,1-3H3. The van der Waals surface area contributed by atoms with Crippen LogP contribution in [0.5, 0.6) is 0 Å². The highest BCUT2D eigenvalue weighted by Gasteiger charge is 2.15. The molecule has 1 aromatic carbocycles. The lowest BCUT2D eigenvalue weighted by Crippen LogP contribution is -2.25. The smallest absolute Gasteiger partial charge is 0.270 e. The van der Waals surface area contributed by atoms with Gasteiger partial charge in [-0.3, -0.25) is 10.1 Å². The normalized spacial score (nSPS) is 12.5. The van der Waals surface area contributed by atoms with Crippen molar-refractivity contribution >= 4 is 34.0 Å². The topological polar surface area (TPSA) is 55.2 Å². The van der Waals surface area contributed by atoms with Crippen molar-refractivity contribution in [3.8, 4) is 0 Å². The Morgan fingerprint density at radius 3 is 2.44 bits per heavy atom. The van der Waals surface area contributed by atoms with Crippen molar-refractivity contribution in [2.24, 2.45) is 5.92 Å². The summed E-state index contributed by atoms with van der Waals surface area (Å²) in [4.78, 5) is 10.3. The van der Waals surface area contributed by atoms with E-state index in [1.54, 1.807) is 18.2 Å². The summed E-state index contributed by atoms with van der Waals surface area (Å²) in [6.07, 6.45) is 2.27. The van der Waals surface area contributed by atoms with E-state index in [1.165, 1.54) is 0 Å². The average molecular weight is 362 g/mol. The van der Waals surface area contributed by atoms with E-state index < -0.39 is 0 Å². The molecule has 100 valence electrons. The second-order valence-corrected chi connectivity index (χ2v) is 5.59. The third-order valence-corrected chi connectivity index (χ3v) is 4.20. The van der Waals surface area contributed by atoms with Crippen LogP contribution in [0.25, 0.3) is 0 Å². The van der Waals surface area contributed by atoms with Gasteiger partial charge in [0.2, 0.25) is 0 Å². The van der Waals surface area contributed by atoms with Crippen LogP contribution in [0, 0.1) is 19.6 Å². The van der Waals surface area contributed by atoms with Crippen LogP contribution < -0.4 is 5.32 Å². The quantitative estimate of drug-likeness (QED) is 0.463. The third kappa shape index (κ3) is 3.83. The number of nitrogens with zero attached hydrogens (tertiary/aromatic N) is 1. The number of rotatable bonds is 6. The first-order chi connectivity index (χ1) is 8.49. The number of hydrogen-bond acceptors (Lipinski definition) is 3. The maximum atomic E-state index is 10.7. The summed E-state index contributed by atoms with van der Waals surface area (Å²) in [5.41, 5.74) is 1.11. The predicted molar refractivity (Wildman–Crippen MR) is 83.0 cm³/mol. The van der Waals surface area contributed by atoms with Crippen LogP contribution in [0.15, 0.2) is 18.2 Å². The first-order valence-corrected chi connectivity index (χ1v) is 7.27. The van der Waals surface area contributed by atoms with Gasteiger partial charge in [0, 0.05) is 27.4 Å². The van der Waals surface area contributed by atoms with Gasteiger partial charge in [0.25, 0.3) is 5.69 Å². The Bertz CT molecular complexity index is 419. The SMILES string of the molecule is CCC(CC)C(C)Nc1ccc([N+](=O)[O-])cc1I. The number of nitro benzene ring substituents is 1. The lowest BCUT2D eigenvalue weighted by Gasteiger charge is -2.24. The molecular formula is C13H19IN2O2. The van der Waals surface area contributed by atoms with Gasteiger partial charge in [-0.25, -0.2) is 0 Å². The number of benzene rings is 1. The Hall–Kier alpha value is -0.850. The molecule has 1 atom stereocenters. The van der Waals surface area contributed by atoms with Crippen LogP contribution in [0.4, 0.5) is 11.4 Å². The largest absolute Gasteiger partial charge is 0.381 e. The zero-order chi connectivity index (χ0) is 13.7. The van der Waals surface area contributed by atoms with Crippen molar-refractivity contribution in [1.29, 1.82) is 0 Å². The summed E-state index contributed by atoms with van der Waals surface area (Å²) >= 11 is 2.13. The fourth-order valence-electron chi connectivity index (χ4n) is 2.09. The van der Waals surface area contributed by atoms with Crippen molar-refractivity contribution in [2.45, 2.75) is 39.7 Å². The summed E-state index contributed by atoms with van der Waals surface area (Å²) in [7, 11) is 0. The lowest BCUT2D eigenvalue weighted by atomic mass is 9.95. The zero-order valence-electron chi connectivity index (χ0n) is 10.9. The van der Waals surface area contributed by atoms with Gasteiger partial charge in [-0.05, 0) is 41.5 Å². The van der Waals surface area contributed by atoms with Gasteiger partial charge >= 0.3 is 0 Å². The molecule has 0 amide bonds. The van der Waals surface area contributed by atoms with E-state index in [0.717, 1.165) is 22.1 Å². The van der Waals surface area contributed by atoms with Crippen LogP contribution in [-0.2, 0) is 0 Å². The fourth-order valence-corrected chi connectivity index (χ4v) is 2.75. The molecule has 1 rings (SSSR count). The predicted octanol–water partition coefficient (Wildman–Crippen LogP) is 4.44. The minimum Gasteiger partial charge on any atom is -0.381 e. The Balaban J connectivity index is 2.82. The van der Waals surface area contributed by atoms with Crippen molar-refractivity contribution in [2.75, 3.05) is 5.32 Å². The van der Waals surface area contributed by atoms with Gasteiger partial charge in [-0.2, -0.15) is 0 Å². The van der Waals surface area contributed by atoms with Crippen molar-refractivity contribution in [3.63, 3.8) is 0 Å². The minimum atomic E-state index is -0.365. The molecule has 0 saturated heterocycles. The molecule has 1 unspecified atom stereocenters. The van der Waals surface area contributed by atoms with Gasteiger partial charge in [-0.1, -0.05) is 26.7 Å². The van der Waals surface area contributed by atoms with Crippen LogP contribution in [-0.4, -0.2) is 11.0 Å². The molecule has 0 aliphatic heterocycles. The summed E-state index contributed by atoms with van der Waals surface area (Å²) in [5.74, 6) is 0.621. The number of nitro groups is 1. The van der Waals surface area contributed by atoms with Crippen LogP contribution in [0.1, 0.15) is 33.6 Å². The van der Waals surface area contributed by atoms with E-state index >= 15 is 0 Å². The van der Waals surface area contributed by atoms with Crippen molar-refractivity contribution in [1.82, 2.24) is 0 Å². The highest BCUT2D eigenvalue weighted by atomic mass is 127. The molecular weight excluding hydrogens is 343 g/mol. The molecule has 0 aromatic heterocycles. The van der Waals surface area contributed by atoms with E-state index in [0.29, 0.717) is 12.0 Å². The van der Waals surface area contributed by atoms with E-state index in [4.69, 9.17) is 0 Å². The number of hydrogen-bond donors (Lipinski definition) is 1. The molecule has 18 heavy (non-hydrogen) atoms. The maximum absolute atomic E-state index is 10.7. The van der Waals surface area contributed by atoms with E-state index in [2.05, 4.69) is 48.7 Å². The Morgan fingerprint density at radius 2 is 2.00 bits per heavy atom. The average Bonchev–Trinajstić information content (AvgIpc) is 2.33. The number of nitrogens with one attached hydrogen (secondary N) is 1. The second-order valence-electron chi connectivity index (χ2n) is 4.43. The molecule has 0 spiro atoms. The van der Waals surface area contributed by atoms with Gasteiger partial charge in [0.15, 0.2) is 0 Å². The number of anilines is 1. The minimum absolute atomic E-state index is 0.139. The van der Waals surface area contributed by atoms with E-state index in [9.17, 15) is 10.1 Å².